The monoisotopic (exact) mass is 772 g/mol. The second-order valence-corrected chi connectivity index (χ2v) is 19.3. The summed E-state index contributed by atoms with van der Waals surface area (Å²) in [4.78, 5) is -1.77. The molecule has 13 heteroatoms. The maximum atomic E-state index is 13.9. The third kappa shape index (κ3) is 9.97. The summed E-state index contributed by atoms with van der Waals surface area (Å²) in [6, 6.07) is 26.4. The summed E-state index contributed by atoms with van der Waals surface area (Å²) in [5.41, 5.74) is 2.72. The van der Waals surface area contributed by atoms with Gasteiger partial charge in [0.15, 0.2) is 0 Å². The van der Waals surface area contributed by atoms with E-state index in [1.165, 1.54) is 20.4 Å². The molecule has 2 atom stereocenters. The van der Waals surface area contributed by atoms with E-state index in [1.54, 1.807) is 111 Å². The summed E-state index contributed by atoms with van der Waals surface area (Å²) in [5, 5.41) is 0.952. The SMILES string of the molecule is Cc1ccc(S(=O)(=O)N(CC(C)(Cl)CSCC(C)(Cl)CN(c2ccc(Cl)cc2)S(=O)(=O)c2ccc(C)cc2)c2ccc(Cl)cc2)cc1. The van der Waals surface area contributed by atoms with E-state index in [-0.39, 0.29) is 22.9 Å². The number of rotatable bonds is 14. The fourth-order valence-electron chi connectivity index (χ4n) is 4.69. The van der Waals surface area contributed by atoms with E-state index in [4.69, 9.17) is 46.4 Å². The normalized spacial score (nSPS) is 14.6. The van der Waals surface area contributed by atoms with Crippen LogP contribution in [-0.4, -0.2) is 51.2 Å². The minimum atomic E-state index is -3.98. The van der Waals surface area contributed by atoms with Crippen LogP contribution >= 0.6 is 58.2 Å². The van der Waals surface area contributed by atoms with Gasteiger partial charge in [0.25, 0.3) is 20.0 Å². The number of halogens is 4. The Balaban J connectivity index is 1.53. The summed E-state index contributed by atoms with van der Waals surface area (Å²) in [5.74, 6) is 0.631. The van der Waals surface area contributed by atoms with Gasteiger partial charge in [0.2, 0.25) is 0 Å². The van der Waals surface area contributed by atoms with E-state index in [0.717, 1.165) is 11.1 Å². The zero-order chi connectivity index (χ0) is 34.6. The summed E-state index contributed by atoms with van der Waals surface area (Å²) in [6.45, 7) is 7.22. The highest BCUT2D eigenvalue weighted by Gasteiger charge is 2.36. The Morgan fingerprint density at radius 2 is 0.851 bits per heavy atom. The van der Waals surface area contributed by atoms with E-state index in [0.29, 0.717) is 32.9 Å². The molecule has 0 aliphatic carbocycles. The molecule has 0 amide bonds. The Hall–Kier alpha value is -2.11. The van der Waals surface area contributed by atoms with Crippen molar-refractivity contribution < 1.29 is 16.8 Å². The van der Waals surface area contributed by atoms with Crippen molar-refractivity contribution in [3.63, 3.8) is 0 Å². The first kappa shape index (κ1) is 37.7. The summed E-state index contributed by atoms with van der Waals surface area (Å²) >= 11 is 27.7. The van der Waals surface area contributed by atoms with Crippen LogP contribution in [0.3, 0.4) is 0 Å². The topological polar surface area (TPSA) is 74.8 Å². The summed E-state index contributed by atoms with van der Waals surface area (Å²) in [7, 11) is -7.96. The van der Waals surface area contributed by atoms with Crippen molar-refractivity contribution in [2.24, 2.45) is 0 Å². The zero-order valence-corrected chi connectivity index (χ0v) is 31.8. The lowest BCUT2D eigenvalue weighted by molar-refractivity contribution is 0.583. The lowest BCUT2D eigenvalue weighted by Gasteiger charge is -2.34. The van der Waals surface area contributed by atoms with Crippen molar-refractivity contribution in [1.29, 1.82) is 0 Å². The van der Waals surface area contributed by atoms with Gasteiger partial charge in [-0.15, -0.1) is 23.2 Å². The molecular weight excluding hydrogens is 738 g/mol. The Labute approximate surface area is 303 Å². The van der Waals surface area contributed by atoms with Crippen LogP contribution in [0.1, 0.15) is 25.0 Å². The van der Waals surface area contributed by atoms with Gasteiger partial charge in [-0.05, 0) is 100 Å². The molecule has 4 aromatic carbocycles. The molecule has 2 unspecified atom stereocenters. The number of benzene rings is 4. The molecule has 0 bridgehead atoms. The average molecular weight is 775 g/mol. The molecule has 0 aliphatic rings. The molecule has 0 heterocycles. The fourth-order valence-corrected chi connectivity index (χ4v) is 10.1. The quantitative estimate of drug-likeness (QED) is 0.119. The van der Waals surface area contributed by atoms with E-state index in [2.05, 4.69) is 0 Å². The van der Waals surface area contributed by atoms with Crippen molar-refractivity contribution in [2.45, 2.75) is 47.2 Å². The number of aryl methyl sites for hydroxylation is 2. The Morgan fingerprint density at radius 3 is 1.15 bits per heavy atom. The summed E-state index contributed by atoms with van der Waals surface area (Å²) in [6.07, 6.45) is 0. The van der Waals surface area contributed by atoms with Gasteiger partial charge in [-0.2, -0.15) is 11.8 Å². The number of hydrogen-bond donors (Lipinski definition) is 0. The smallest absolute Gasteiger partial charge is 0.264 e. The second-order valence-electron chi connectivity index (χ2n) is 11.9. The van der Waals surface area contributed by atoms with Gasteiger partial charge in [-0.3, -0.25) is 8.61 Å². The first-order valence-electron chi connectivity index (χ1n) is 14.6. The van der Waals surface area contributed by atoms with Crippen molar-refractivity contribution >= 4 is 89.6 Å². The number of alkyl halides is 2. The van der Waals surface area contributed by atoms with E-state index in [1.807, 2.05) is 13.8 Å². The predicted octanol–water partition coefficient (Wildman–Crippen LogP) is 9.43. The van der Waals surface area contributed by atoms with Crippen LogP contribution in [0.25, 0.3) is 0 Å². The Bertz CT molecular complexity index is 1730. The highest BCUT2D eigenvalue weighted by atomic mass is 35.5. The second kappa shape index (κ2) is 15.2. The molecular formula is C34H36Cl4N2O4S3. The molecule has 0 spiro atoms. The number of nitrogens with zero attached hydrogens (tertiary/aromatic N) is 2. The highest BCUT2D eigenvalue weighted by molar-refractivity contribution is 7.99. The lowest BCUT2D eigenvalue weighted by Crippen LogP contribution is -2.44. The molecule has 0 saturated carbocycles. The van der Waals surface area contributed by atoms with Crippen molar-refractivity contribution in [2.75, 3.05) is 33.2 Å². The first-order chi connectivity index (χ1) is 21.9. The molecule has 0 N–H and O–H groups in total. The molecule has 252 valence electrons. The van der Waals surface area contributed by atoms with Crippen molar-refractivity contribution in [1.82, 2.24) is 0 Å². The van der Waals surface area contributed by atoms with Crippen LogP contribution in [0.15, 0.2) is 107 Å². The van der Waals surface area contributed by atoms with Crippen molar-refractivity contribution in [3.05, 3.63) is 118 Å². The first-order valence-corrected chi connectivity index (χ1v) is 20.1. The van der Waals surface area contributed by atoms with Gasteiger partial charge in [0.05, 0.1) is 44.0 Å². The van der Waals surface area contributed by atoms with Crippen molar-refractivity contribution in [3.8, 4) is 0 Å². The molecule has 4 aromatic rings. The van der Waals surface area contributed by atoms with Crippen LogP contribution in [0, 0.1) is 13.8 Å². The van der Waals surface area contributed by atoms with Crippen LogP contribution < -0.4 is 8.61 Å². The van der Waals surface area contributed by atoms with E-state index in [9.17, 15) is 16.8 Å². The number of anilines is 2. The predicted molar refractivity (Wildman–Crippen MR) is 200 cm³/mol. The van der Waals surface area contributed by atoms with Gasteiger partial charge < -0.3 is 0 Å². The fraction of sp³-hybridized carbons (Fsp3) is 0.294. The molecule has 4 rings (SSSR count). The minimum absolute atomic E-state index is 0.0445. The minimum Gasteiger partial charge on any atom is -0.265 e. The maximum Gasteiger partial charge on any atom is 0.264 e. The van der Waals surface area contributed by atoms with Crippen LogP contribution in [0.2, 0.25) is 10.0 Å². The molecule has 0 aromatic heterocycles. The largest absolute Gasteiger partial charge is 0.265 e. The number of thioether (sulfide) groups is 1. The van der Waals surface area contributed by atoms with E-state index >= 15 is 0 Å². The van der Waals surface area contributed by atoms with Gasteiger partial charge in [0.1, 0.15) is 0 Å². The molecule has 47 heavy (non-hydrogen) atoms. The Morgan fingerprint density at radius 1 is 0.553 bits per heavy atom. The van der Waals surface area contributed by atoms with Crippen LogP contribution in [0.5, 0.6) is 0 Å². The third-order valence-corrected chi connectivity index (χ3v) is 13.8. The van der Waals surface area contributed by atoms with Crippen LogP contribution in [0.4, 0.5) is 11.4 Å². The Kier molecular flexibility index (Phi) is 12.2. The standard InChI is InChI=1S/C34H36Cl4N2O4S3/c1-25-5-17-31(18-6-25)46(41,42)39(29-13-9-27(35)10-14-29)21-33(3,37)23-45-24-34(4,38)22-40(30-15-11-28(36)12-16-30)47(43,44)32-19-7-26(2)8-20-32/h5-20H,21-24H2,1-4H3. The lowest BCUT2D eigenvalue weighted by atomic mass is 10.2. The number of hydrogen-bond acceptors (Lipinski definition) is 5. The van der Waals surface area contributed by atoms with E-state index < -0.39 is 29.8 Å². The maximum absolute atomic E-state index is 13.9. The molecule has 0 aliphatic heterocycles. The summed E-state index contributed by atoms with van der Waals surface area (Å²) < 4.78 is 58.1. The molecule has 0 radical (unpaired) electrons. The highest BCUT2D eigenvalue weighted by Crippen LogP contribution is 2.34. The van der Waals surface area contributed by atoms with Gasteiger partial charge >= 0.3 is 0 Å². The average Bonchev–Trinajstić information content (AvgIpc) is 3.00. The van der Waals surface area contributed by atoms with Gasteiger partial charge in [-0.25, -0.2) is 16.8 Å². The third-order valence-electron chi connectivity index (χ3n) is 7.20. The van der Waals surface area contributed by atoms with Gasteiger partial charge in [0, 0.05) is 21.6 Å². The van der Waals surface area contributed by atoms with Gasteiger partial charge in [-0.1, -0.05) is 58.6 Å². The molecule has 0 saturated heterocycles. The van der Waals surface area contributed by atoms with Crippen LogP contribution in [-0.2, 0) is 20.0 Å². The zero-order valence-electron chi connectivity index (χ0n) is 26.3. The number of sulfonamides is 2. The molecule has 6 nitrogen and oxygen atoms in total. The molecule has 0 fully saturated rings.